The summed E-state index contributed by atoms with van der Waals surface area (Å²) in [5.41, 5.74) is 0.209. The molecule has 0 fully saturated rings. The minimum atomic E-state index is -1.32. The van der Waals surface area contributed by atoms with Crippen LogP contribution in [0.4, 0.5) is 0 Å². The monoisotopic (exact) mass is 278 g/mol. The van der Waals surface area contributed by atoms with Crippen molar-refractivity contribution >= 4 is 18.9 Å². The number of fused-ring (bicyclic) bond motifs is 1. The smallest absolute Gasteiger partial charge is 0.526 e. The van der Waals surface area contributed by atoms with E-state index in [9.17, 15) is 19.7 Å². The lowest BCUT2D eigenvalue weighted by Crippen LogP contribution is -2.35. The van der Waals surface area contributed by atoms with Crippen LogP contribution in [-0.4, -0.2) is 34.1 Å². The van der Waals surface area contributed by atoms with E-state index in [4.69, 9.17) is 9.76 Å². The molecule has 1 aromatic carbocycles. The fourth-order valence-corrected chi connectivity index (χ4v) is 2.33. The highest BCUT2D eigenvalue weighted by molar-refractivity contribution is 6.47. The molecule has 7 heteroatoms. The Hall–Kier alpha value is -2.02. The van der Waals surface area contributed by atoms with Crippen molar-refractivity contribution in [2.45, 2.75) is 32.0 Å². The number of aromatic hydroxyl groups is 1. The van der Waals surface area contributed by atoms with Crippen LogP contribution in [0.2, 0.25) is 5.82 Å². The number of carboxylic acid groups (broad SMARTS) is 1. The van der Waals surface area contributed by atoms with Crippen molar-refractivity contribution in [3.05, 3.63) is 23.3 Å². The molecular formula is C13H15BO6. The number of carboxylic acids is 1. The topological polar surface area (TPSA) is 104 Å². The molecule has 1 aromatic rings. The molecule has 6 nitrogen and oxygen atoms in total. The molecule has 3 N–H and O–H groups in total. The number of aromatic carboxylic acids is 1. The number of hydrogen-bond donors (Lipinski definition) is 3. The Morgan fingerprint density at radius 3 is 2.75 bits per heavy atom. The predicted octanol–water partition coefficient (Wildman–Crippen LogP) is 1.25. The number of hydrogen-bond acceptors (Lipinski definition) is 5. The Bertz CT molecular complexity index is 556. The van der Waals surface area contributed by atoms with Crippen molar-refractivity contribution in [1.82, 2.24) is 0 Å². The van der Waals surface area contributed by atoms with Crippen molar-refractivity contribution in [2.75, 3.05) is 0 Å². The summed E-state index contributed by atoms with van der Waals surface area (Å²) in [7, 11) is -1.25. The van der Waals surface area contributed by atoms with Gasteiger partial charge in [-0.25, -0.2) is 4.79 Å². The Balaban J connectivity index is 2.34. The van der Waals surface area contributed by atoms with Gasteiger partial charge in [0.1, 0.15) is 22.8 Å². The number of Topliss-reactive ketones (excluding diaryl/α,β-unsaturated/α-hetero) is 1. The van der Waals surface area contributed by atoms with Crippen molar-refractivity contribution in [3.8, 4) is 11.5 Å². The van der Waals surface area contributed by atoms with Gasteiger partial charge in [-0.05, 0) is 18.1 Å². The number of rotatable bonds is 4. The van der Waals surface area contributed by atoms with Crippen LogP contribution in [0.5, 0.6) is 11.5 Å². The fourth-order valence-electron chi connectivity index (χ4n) is 2.33. The lowest BCUT2D eigenvalue weighted by atomic mass is 9.64. The van der Waals surface area contributed by atoms with Gasteiger partial charge in [0.25, 0.3) is 0 Å². The summed E-state index contributed by atoms with van der Waals surface area (Å²) in [6.07, 6.45) is 0.898. The molecule has 0 aromatic heterocycles. The van der Waals surface area contributed by atoms with Gasteiger partial charge in [-0.1, -0.05) is 13.0 Å². The van der Waals surface area contributed by atoms with Gasteiger partial charge in [-0.2, -0.15) is 0 Å². The average molecular weight is 278 g/mol. The van der Waals surface area contributed by atoms with Crippen molar-refractivity contribution in [2.24, 2.45) is 0 Å². The Labute approximate surface area is 116 Å². The van der Waals surface area contributed by atoms with E-state index in [1.165, 1.54) is 6.07 Å². The summed E-state index contributed by atoms with van der Waals surface area (Å²) in [5, 5.41) is 28.6. The zero-order valence-electron chi connectivity index (χ0n) is 11.0. The van der Waals surface area contributed by atoms with Crippen molar-refractivity contribution in [3.63, 3.8) is 0 Å². The van der Waals surface area contributed by atoms with E-state index >= 15 is 0 Å². The maximum atomic E-state index is 11.5. The second kappa shape index (κ2) is 5.54. The molecule has 0 unspecified atom stereocenters. The molecule has 0 spiro atoms. The molecule has 0 aliphatic carbocycles. The zero-order valence-corrected chi connectivity index (χ0v) is 11.0. The number of phenols is 1. The van der Waals surface area contributed by atoms with Crippen LogP contribution in [0.25, 0.3) is 0 Å². The first-order valence-corrected chi connectivity index (χ1v) is 6.38. The molecule has 0 saturated heterocycles. The first-order valence-electron chi connectivity index (χ1n) is 6.38. The van der Waals surface area contributed by atoms with Gasteiger partial charge in [0.05, 0.1) is 0 Å². The average Bonchev–Trinajstić information content (AvgIpc) is 2.39. The fraction of sp³-hybridized carbons (Fsp3) is 0.385. The molecule has 1 aliphatic heterocycles. The van der Waals surface area contributed by atoms with Crippen LogP contribution in [0.3, 0.4) is 0 Å². The molecule has 106 valence electrons. The summed E-state index contributed by atoms with van der Waals surface area (Å²) >= 11 is 0. The normalized spacial score (nSPS) is 17.3. The standard InChI is InChI=1S/C13H15BO6/c1-2-9(15)6-8-5-7-3-4-10(16)11(13(17)18)12(7)20-14(8)19/h3-4,8,16,19H,2,5-6H2,1H3,(H,17,18)/t8-/m1/s1. The highest BCUT2D eigenvalue weighted by atomic mass is 16.5. The molecule has 1 atom stereocenters. The summed E-state index contributed by atoms with van der Waals surface area (Å²) in [6, 6.07) is 2.83. The minimum Gasteiger partial charge on any atom is -0.535 e. The number of ketones is 1. The zero-order chi connectivity index (χ0) is 14.9. The van der Waals surface area contributed by atoms with E-state index in [2.05, 4.69) is 0 Å². The second-order valence-electron chi connectivity index (χ2n) is 4.82. The first kappa shape index (κ1) is 14.4. The van der Waals surface area contributed by atoms with E-state index in [0.717, 1.165) is 0 Å². The molecule has 2 rings (SSSR count). The van der Waals surface area contributed by atoms with Crippen LogP contribution in [-0.2, 0) is 11.2 Å². The van der Waals surface area contributed by atoms with Crippen LogP contribution < -0.4 is 4.65 Å². The Kier molecular flexibility index (Phi) is 3.99. The van der Waals surface area contributed by atoms with Gasteiger partial charge in [0.2, 0.25) is 0 Å². The third kappa shape index (κ3) is 2.62. The molecule has 1 heterocycles. The maximum absolute atomic E-state index is 11.5. The van der Waals surface area contributed by atoms with Gasteiger partial charge in [-0.3, -0.25) is 4.79 Å². The lowest BCUT2D eigenvalue weighted by Gasteiger charge is -2.28. The number of carbonyl (C=O) groups is 2. The van der Waals surface area contributed by atoms with E-state index in [1.54, 1.807) is 13.0 Å². The minimum absolute atomic E-state index is 0.0123. The van der Waals surface area contributed by atoms with Gasteiger partial charge in [0.15, 0.2) is 0 Å². The number of benzene rings is 1. The summed E-state index contributed by atoms with van der Waals surface area (Å²) in [4.78, 5) is 22.6. The van der Waals surface area contributed by atoms with E-state index in [1.807, 2.05) is 0 Å². The molecular weight excluding hydrogens is 263 g/mol. The molecule has 0 saturated carbocycles. The Morgan fingerprint density at radius 2 is 2.15 bits per heavy atom. The van der Waals surface area contributed by atoms with Gasteiger partial charge >= 0.3 is 13.1 Å². The van der Waals surface area contributed by atoms with Crippen molar-refractivity contribution in [1.29, 1.82) is 0 Å². The van der Waals surface area contributed by atoms with E-state index in [0.29, 0.717) is 18.4 Å². The van der Waals surface area contributed by atoms with Crippen LogP contribution >= 0.6 is 0 Å². The predicted molar refractivity (Wildman–Crippen MR) is 71.0 cm³/mol. The maximum Gasteiger partial charge on any atom is 0.526 e. The third-order valence-corrected chi connectivity index (χ3v) is 3.44. The van der Waals surface area contributed by atoms with E-state index in [-0.39, 0.29) is 23.5 Å². The second-order valence-corrected chi connectivity index (χ2v) is 4.82. The quantitative estimate of drug-likeness (QED) is 0.716. The molecule has 20 heavy (non-hydrogen) atoms. The highest BCUT2D eigenvalue weighted by Gasteiger charge is 2.38. The van der Waals surface area contributed by atoms with Crippen LogP contribution in [0.1, 0.15) is 35.7 Å². The SMILES string of the molecule is CCC(=O)C[C@H]1Cc2ccc(O)c(C(=O)O)c2OB1O. The van der Waals surface area contributed by atoms with Crippen LogP contribution in [0, 0.1) is 0 Å². The lowest BCUT2D eigenvalue weighted by molar-refractivity contribution is -0.118. The first-order chi connectivity index (χ1) is 9.43. The number of carbonyl (C=O) groups excluding carboxylic acids is 1. The summed E-state index contributed by atoms with van der Waals surface area (Å²) < 4.78 is 5.23. The van der Waals surface area contributed by atoms with Crippen molar-refractivity contribution < 1.29 is 29.5 Å². The van der Waals surface area contributed by atoms with Gasteiger partial charge in [0, 0.05) is 18.7 Å². The largest absolute Gasteiger partial charge is 0.535 e. The van der Waals surface area contributed by atoms with Crippen LogP contribution in [0.15, 0.2) is 12.1 Å². The molecule has 0 amide bonds. The third-order valence-electron chi connectivity index (χ3n) is 3.44. The highest BCUT2D eigenvalue weighted by Crippen LogP contribution is 2.39. The molecule has 0 bridgehead atoms. The summed E-state index contributed by atoms with van der Waals surface area (Å²) in [5.74, 6) is -2.15. The van der Waals surface area contributed by atoms with E-state index < -0.39 is 24.7 Å². The molecule has 0 radical (unpaired) electrons. The van der Waals surface area contributed by atoms with Gasteiger partial charge in [-0.15, -0.1) is 0 Å². The molecule has 1 aliphatic rings. The van der Waals surface area contributed by atoms with Gasteiger partial charge < -0.3 is 19.9 Å². The Morgan fingerprint density at radius 1 is 1.45 bits per heavy atom. The summed E-state index contributed by atoms with van der Waals surface area (Å²) in [6.45, 7) is 1.74.